The molecule has 0 saturated heterocycles. The summed E-state index contributed by atoms with van der Waals surface area (Å²) in [5.41, 5.74) is 0. The normalized spacial score (nSPS) is 16.6. The van der Waals surface area contributed by atoms with Crippen LogP contribution in [0.4, 0.5) is 0 Å². The summed E-state index contributed by atoms with van der Waals surface area (Å²) < 4.78 is 4.63. The van der Waals surface area contributed by atoms with E-state index in [9.17, 15) is 14.7 Å². The molecule has 0 saturated carbocycles. The maximum atomic E-state index is 11.1. The molecule has 16 heavy (non-hydrogen) atoms. The third-order valence-electron chi connectivity index (χ3n) is 1.78. The number of hydrogen-bond acceptors (Lipinski definition) is 7. The van der Waals surface area contributed by atoms with E-state index in [1.165, 1.54) is 6.92 Å². The number of ketones is 2. The molecule has 0 spiro atoms. The molecule has 0 bridgehead atoms. The maximum Gasteiger partial charge on any atom is 0.189 e. The summed E-state index contributed by atoms with van der Waals surface area (Å²) in [4.78, 5) is 21.6. The van der Waals surface area contributed by atoms with E-state index in [-0.39, 0.29) is 12.4 Å². The van der Waals surface area contributed by atoms with Crippen LogP contribution >= 0.6 is 0 Å². The van der Waals surface area contributed by atoms with Gasteiger partial charge in [0.05, 0.1) is 6.61 Å². The van der Waals surface area contributed by atoms with E-state index in [2.05, 4.69) is 4.74 Å². The number of aliphatic hydroxyl groups is 4. The third kappa shape index (κ3) is 5.29. The molecular formula is C9H16O7. The molecule has 7 heteroatoms. The number of hydrogen-bond donors (Lipinski definition) is 4. The number of Topliss-reactive ketones (excluding diaryl/α,β-unsaturated/α-hetero) is 2. The second-order valence-electron chi connectivity index (χ2n) is 3.35. The van der Waals surface area contributed by atoms with E-state index in [0.717, 1.165) is 0 Å². The molecule has 0 amide bonds. The molecule has 3 unspecified atom stereocenters. The smallest absolute Gasteiger partial charge is 0.189 e. The van der Waals surface area contributed by atoms with Crippen LogP contribution in [-0.4, -0.2) is 70.1 Å². The summed E-state index contributed by atoms with van der Waals surface area (Å²) in [7, 11) is 0. The fourth-order valence-corrected chi connectivity index (χ4v) is 0.890. The van der Waals surface area contributed by atoms with E-state index in [1.54, 1.807) is 0 Å². The molecule has 0 heterocycles. The Morgan fingerprint density at radius 3 is 2.19 bits per heavy atom. The van der Waals surface area contributed by atoms with Gasteiger partial charge in [0.2, 0.25) is 0 Å². The fourth-order valence-electron chi connectivity index (χ4n) is 0.890. The maximum absolute atomic E-state index is 11.1. The molecule has 0 aliphatic heterocycles. The highest BCUT2D eigenvalue weighted by Gasteiger charge is 2.29. The summed E-state index contributed by atoms with van der Waals surface area (Å²) in [6.07, 6.45) is -5.24. The van der Waals surface area contributed by atoms with Gasteiger partial charge in [0.25, 0.3) is 0 Å². The zero-order valence-corrected chi connectivity index (χ0v) is 8.87. The molecule has 0 rings (SSSR count). The van der Waals surface area contributed by atoms with Crippen LogP contribution in [0.1, 0.15) is 6.92 Å². The van der Waals surface area contributed by atoms with Gasteiger partial charge >= 0.3 is 0 Å². The van der Waals surface area contributed by atoms with Crippen LogP contribution in [0.5, 0.6) is 0 Å². The van der Waals surface area contributed by atoms with Gasteiger partial charge in [0.15, 0.2) is 11.6 Å². The molecule has 7 nitrogen and oxygen atoms in total. The Hall–Kier alpha value is -0.860. The fraction of sp³-hybridized carbons (Fsp3) is 0.778. The van der Waals surface area contributed by atoms with Crippen molar-refractivity contribution in [1.29, 1.82) is 0 Å². The van der Waals surface area contributed by atoms with Gasteiger partial charge in [-0.2, -0.15) is 0 Å². The van der Waals surface area contributed by atoms with Gasteiger partial charge in [0.1, 0.15) is 31.5 Å². The molecule has 0 aromatic rings. The summed E-state index contributed by atoms with van der Waals surface area (Å²) >= 11 is 0. The van der Waals surface area contributed by atoms with Crippen LogP contribution in [0.2, 0.25) is 0 Å². The Morgan fingerprint density at radius 1 is 1.19 bits per heavy atom. The summed E-state index contributed by atoms with van der Waals surface area (Å²) in [6, 6.07) is 0. The molecule has 0 aromatic carbocycles. The minimum Gasteiger partial charge on any atom is -0.394 e. The molecule has 0 radical (unpaired) electrons. The van der Waals surface area contributed by atoms with Gasteiger partial charge in [-0.05, 0) is 6.92 Å². The molecule has 0 aromatic heterocycles. The highest BCUT2D eigenvalue weighted by Crippen LogP contribution is 2.01. The highest BCUT2D eigenvalue weighted by atomic mass is 16.5. The van der Waals surface area contributed by atoms with Crippen molar-refractivity contribution in [1.82, 2.24) is 0 Å². The minimum atomic E-state index is -1.85. The predicted molar refractivity (Wildman–Crippen MR) is 51.6 cm³/mol. The van der Waals surface area contributed by atoms with Crippen LogP contribution in [-0.2, 0) is 14.3 Å². The zero-order chi connectivity index (χ0) is 12.7. The molecule has 0 aliphatic rings. The van der Waals surface area contributed by atoms with Crippen molar-refractivity contribution in [2.75, 3.05) is 19.8 Å². The van der Waals surface area contributed by atoms with Crippen molar-refractivity contribution in [2.24, 2.45) is 0 Å². The van der Waals surface area contributed by atoms with Crippen molar-refractivity contribution < 1.29 is 34.8 Å². The first-order valence-corrected chi connectivity index (χ1v) is 4.65. The summed E-state index contributed by atoms with van der Waals surface area (Å²) in [5, 5.41) is 35.8. The Kier molecular flexibility index (Phi) is 7.02. The molecule has 0 fully saturated rings. The predicted octanol–water partition coefficient (Wildman–Crippen LogP) is -2.76. The monoisotopic (exact) mass is 236 g/mol. The molecule has 94 valence electrons. The lowest BCUT2D eigenvalue weighted by atomic mass is 10.1. The largest absolute Gasteiger partial charge is 0.394 e. The van der Waals surface area contributed by atoms with E-state index in [0.29, 0.717) is 0 Å². The van der Waals surface area contributed by atoms with Crippen LogP contribution in [0.25, 0.3) is 0 Å². The third-order valence-corrected chi connectivity index (χ3v) is 1.78. The Balaban J connectivity index is 4.02. The number of carbonyl (C=O) groups excluding carboxylic acids is 2. The van der Waals surface area contributed by atoms with E-state index in [1.807, 2.05) is 0 Å². The number of aliphatic hydroxyl groups excluding tert-OH is 4. The van der Waals surface area contributed by atoms with Crippen molar-refractivity contribution in [2.45, 2.75) is 25.2 Å². The van der Waals surface area contributed by atoms with Gasteiger partial charge in [-0.3, -0.25) is 9.59 Å². The molecular weight excluding hydrogens is 220 g/mol. The first kappa shape index (κ1) is 15.1. The van der Waals surface area contributed by atoms with Crippen LogP contribution < -0.4 is 0 Å². The SMILES string of the molecule is CC(=O)COCC(=O)C(O)C(O)C(O)CO. The number of carbonyl (C=O) groups is 2. The number of ether oxygens (including phenoxy) is 1. The lowest BCUT2D eigenvalue weighted by molar-refractivity contribution is -0.145. The quantitative estimate of drug-likeness (QED) is 0.359. The van der Waals surface area contributed by atoms with Gasteiger partial charge in [-0.15, -0.1) is 0 Å². The highest BCUT2D eigenvalue weighted by molar-refractivity contribution is 5.85. The summed E-state index contributed by atoms with van der Waals surface area (Å²) in [6.45, 7) is -0.321. The molecule has 4 N–H and O–H groups in total. The number of rotatable bonds is 8. The second-order valence-corrected chi connectivity index (χ2v) is 3.35. The average molecular weight is 236 g/mol. The first-order valence-electron chi connectivity index (χ1n) is 4.65. The van der Waals surface area contributed by atoms with E-state index < -0.39 is 37.3 Å². The van der Waals surface area contributed by atoms with E-state index in [4.69, 9.17) is 15.3 Å². The molecule has 0 aliphatic carbocycles. The topological polar surface area (TPSA) is 124 Å². The van der Waals surface area contributed by atoms with Gasteiger partial charge < -0.3 is 25.2 Å². The average Bonchev–Trinajstić information content (AvgIpc) is 2.25. The van der Waals surface area contributed by atoms with Crippen LogP contribution in [0.3, 0.4) is 0 Å². The van der Waals surface area contributed by atoms with Crippen molar-refractivity contribution in [3.63, 3.8) is 0 Å². The van der Waals surface area contributed by atoms with Crippen LogP contribution in [0, 0.1) is 0 Å². The zero-order valence-electron chi connectivity index (χ0n) is 8.87. The lowest BCUT2D eigenvalue weighted by Gasteiger charge is -2.20. The Bertz CT molecular complexity index is 240. The van der Waals surface area contributed by atoms with E-state index >= 15 is 0 Å². The van der Waals surface area contributed by atoms with Crippen molar-refractivity contribution in [3.8, 4) is 0 Å². The Morgan fingerprint density at radius 2 is 1.75 bits per heavy atom. The summed E-state index contributed by atoms with van der Waals surface area (Å²) in [5.74, 6) is -1.15. The van der Waals surface area contributed by atoms with Gasteiger partial charge in [-0.1, -0.05) is 0 Å². The Labute approximate surface area is 92.3 Å². The van der Waals surface area contributed by atoms with Crippen molar-refractivity contribution in [3.05, 3.63) is 0 Å². The van der Waals surface area contributed by atoms with Crippen molar-refractivity contribution >= 4 is 11.6 Å². The van der Waals surface area contributed by atoms with Gasteiger partial charge in [0, 0.05) is 0 Å². The lowest BCUT2D eigenvalue weighted by Crippen LogP contribution is -2.45. The minimum absolute atomic E-state index is 0.267. The van der Waals surface area contributed by atoms with Gasteiger partial charge in [-0.25, -0.2) is 0 Å². The molecule has 3 atom stereocenters. The first-order chi connectivity index (χ1) is 7.40. The van der Waals surface area contributed by atoms with Crippen LogP contribution in [0.15, 0.2) is 0 Å². The second kappa shape index (κ2) is 7.42. The standard InChI is InChI=1S/C9H16O7/c1-5(11)3-16-4-7(13)9(15)8(14)6(12)2-10/h6,8-10,12,14-15H,2-4H2,1H3.